The van der Waals surface area contributed by atoms with E-state index in [1.54, 1.807) is 0 Å². The van der Waals surface area contributed by atoms with Crippen molar-refractivity contribution in [3.63, 3.8) is 0 Å². The zero-order valence-electron chi connectivity index (χ0n) is 11.1. The zero-order valence-corrected chi connectivity index (χ0v) is 11.1. The number of hydrogen-bond acceptors (Lipinski definition) is 5. The second-order valence-corrected chi connectivity index (χ2v) is 5.71. The van der Waals surface area contributed by atoms with Crippen LogP contribution in [0.15, 0.2) is 18.5 Å². The molecule has 5 nitrogen and oxygen atoms in total. The number of ether oxygens (including phenoxy) is 1. The number of fused-ring (bicyclic) bond motifs is 1. The van der Waals surface area contributed by atoms with Crippen molar-refractivity contribution in [2.24, 2.45) is 0 Å². The molecule has 1 unspecified atom stereocenters. The van der Waals surface area contributed by atoms with Gasteiger partial charge < -0.3 is 9.64 Å². The van der Waals surface area contributed by atoms with Crippen molar-refractivity contribution in [3.8, 4) is 0 Å². The second kappa shape index (κ2) is 4.72. The monoisotopic (exact) mass is 260 g/mol. The predicted molar refractivity (Wildman–Crippen MR) is 72.1 cm³/mol. The van der Waals surface area contributed by atoms with Crippen LogP contribution < -0.4 is 4.90 Å². The lowest BCUT2D eigenvalue weighted by Crippen LogP contribution is -2.42. The number of nitrogens with zero attached hydrogens (tertiary/aromatic N) is 4. The molecule has 4 heterocycles. The highest BCUT2D eigenvalue weighted by Crippen LogP contribution is 2.35. The summed E-state index contributed by atoms with van der Waals surface area (Å²) in [7, 11) is 0. The summed E-state index contributed by atoms with van der Waals surface area (Å²) in [6.07, 6.45) is 7.35. The van der Waals surface area contributed by atoms with Gasteiger partial charge in [-0.05, 0) is 25.3 Å². The van der Waals surface area contributed by atoms with Crippen LogP contribution in [-0.2, 0) is 4.74 Å². The molecule has 4 rings (SSSR count). The van der Waals surface area contributed by atoms with Crippen LogP contribution in [0, 0.1) is 0 Å². The first-order valence-electron chi connectivity index (χ1n) is 7.30. The van der Waals surface area contributed by atoms with Gasteiger partial charge in [0, 0.05) is 50.2 Å². The Morgan fingerprint density at radius 2 is 1.89 bits per heavy atom. The third-order valence-corrected chi connectivity index (χ3v) is 4.80. The van der Waals surface area contributed by atoms with Gasteiger partial charge in [-0.25, -0.2) is 9.97 Å². The molecular formula is C14H20N4O. The fourth-order valence-electron chi connectivity index (χ4n) is 3.94. The van der Waals surface area contributed by atoms with Crippen molar-refractivity contribution in [1.29, 1.82) is 0 Å². The van der Waals surface area contributed by atoms with Gasteiger partial charge >= 0.3 is 0 Å². The van der Waals surface area contributed by atoms with Crippen molar-refractivity contribution in [3.05, 3.63) is 18.5 Å². The molecular weight excluding hydrogens is 240 g/mol. The number of rotatable bonds is 2. The highest BCUT2D eigenvalue weighted by Gasteiger charge is 2.46. The number of anilines is 1. The van der Waals surface area contributed by atoms with Crippen LogP contribution in [0.1, 0.15) is 19.3 Å². The van der Waals surface area contributed by atoms with Crippen molar-refractivity contribution in [1.82, 2.24) is 14.9 Å². The Balaban J connectivity index is 1.52. The highest BCUT2D eigenvalue weighted by atomic mass is 16.5. The van der Waals surface area contributed by atoms with Crippen LogP contribution in [0.4, 0.5) is 5.95 Å². The minimum absolute atomic E-state index is 0.600. The molecule has 0 aliphatic carbocycles. The average molecular weight is 260 g/mol. The topological polar surface area (TPSA) is 41.5 Å². The fraction of sp³-hybridized carbons (Fsp3) is 0.714. The lowest BCUT2D eigenvalue weighted by molar-refractivity contribution is 0.135. The van der Waals surface area contributed by atoms with Crippen molar-refractivity contribution in [2.75, 3.05) is 31.2 Å². The van der Waals surface area contributed by atoms with Gasteiger partial charge in [-0.3, -0.25) is 4.90 Å². The second-order valence-electron chi connectivity index (χ2n) is 5.71. The van der Waals surface area contributed by atoms with Crippen LogP contribution in [-0.4, -0.2) is 59.3 Å². The Hall–Kier alpha value is -1.20. The Labute approximate surface area is 113 Å². The van der Waals surface area contributed by atoms with E-state index in [1.165, 1.54) is 25.8 Å². The molecule has 1 aromatic heterocycles. The zero-order chi connectivity index (χ0) is 12.7. The van der Waals surface area contributed by atoms with Crippen LogP contribution in [0.2, 0.25) is 0 Å². The van der Waals surface area contributed by atoms with E-state index >= 15 is 0 Å². The fourth-order valence-corrected chi connectivity index (χ4v) is 3.94. The van der Waals surface area contributed by atoms with Crippen LogP contribution in [0.25, 0.3) is 0 Å². The third-order valence-electron chi connectivity index (χ3n) is 4.80. The maximum absolute atomic E-state index is 5.55. The van der Waals surface area contributed by atoms with Crippen LogP contribution in [0.5, 0.6) is 0 Å². The Morgan fingerprint density at radius 3 is 2.68 bits per heavy atom. The van der Waals surface area contributed by atoms with Crippen LogP contribution >= 0.6 is 0 Å². The normalized spacial score (nSPS) is 34.9. The summed E-state index contributed by atoms with van der Waals surface area (Å²) in [6.45, 7) is 4.14. The predicted octanol–water partition coefficient (Wildman–Crippen LogP) is 0.918. The molecule has 3 saturated heterocycles. The van der Waals surface area contributed by atoms with E-state index in [-0.39, 0.29) is 0 Å². The van der Waals surface area contributed by atoms with Crippen LogP contribution in [0.3, 0.4) is 0 Å². The first-order chi connectivity index (χ1) is 9.43. The molecule has 0 radical (unpaired) electrons. The summed E-state index contributed by atoms with van der Waals surface area (Å²) < 4.78 is 5.55. The van der Waals surface area contributed by atoms with E-state index in [1.807, 2.05) is 18.5 Å². The maximum atomic E-state index is 5.55. The van der Waals surface area contributed by atoms with Crippen molar-refractivity contribution < 1.29 is 4.74 Å². The van der Waals surface area contributed by atoms with E-state index in [9.17, 15) is 0 Å². The van der Waals surface area contributed by atoms with Gasteiger partial charge in [-0.2, -0.15) is 0 Å². The van der Waals surface area contributed by atoms with E-state index in [0.29, 0.717) is 18.1 Å². The standard InChI is InChI=1S/C14H20N4O/c1-5-15-14(16-6-1)18-8-3-12-13(18)2-7-17(12)11-4-9-19-10-11/h1,5-6,11-13H,2-4,7-10H2/t11?,12-,13+/m1/s1. The number of aromatic nitrogens is 2. The summed E-state index contributed by atoms with van der Waals surface area (Å²) in [6, 6.07) is 3.80. The average Bonchev–Trinajstić information content (AvgIpc) is 3.16. The molecule has 19 heavy (non-hydrogen) atoms. The molecule has 3 aliphatic rings. The molecule has 0 N–H and O–H groups in total. The smallest absolute Gasteiger partial charge is 0.225 e. The first-order valence-corrected chi connectivity index (χ1v) is 7.30. The van der Waals surface area contributed by atoms with E-state index in [0.717, 1.165) is 25.7 Å². The minimum atomic E-state index is 0.600. The molecule has 3 aliphatic heterocycles. The van der Waals surface area contributed by atoms with Crippen molar-refractivity contribution >= 4 is 5.95 Å². The van der Waals surface area contributed by atoms with Crippen molar-refractivity contribution in [2.45, 2.75) is 37.4 Å². The minimum Gasteiger partial charge on any atom is -0.380 e. The molecule has 102 valence electrons. The number of hydrogen-bond donors (Lipinski definition) is 0. The van der Waals surface area contributed by atoms with Gasteiger partial charge in [0.25, 0.3) is 0 Å². The molecule has 3 fully saturated rings. The number of likely N-dealkylation sites (tertiary alicyclic amines) is 1. The molecule has 0 saturated carbocycles. The Morgan fingerprint density at radius 1 is 1.05 bits per heavy atom. The van der Waals surface area contributed by atoms with Gasteiger partial charge in [-0.1, -0.05) is 0 Å². The van der Waals surface area contributed by atoms with E-state index < -0.39 is 0 Å². The SMILES string of the molecule is c1cnc(N2CC[C@@H]3[C@@H]2CCN3C2CCOC2)nc1. The van der Waals surface area contributed by atoms with Gasteiger partial charge in [-0.15, -0.1) is 0 Å². The molecule has 0 bridgehead atoms. The molecule has 1 aromatic rings. The van der Waals surface area contributed by atoms with E-state index in [2.05, 4.69) is 19.8 Å². The molecule has 0 amide bonds. The Kier molecular flexibility index (Phi) is 2.89. The lowest BCUT2D eigenvalue weighted by Gasteiger charge is -2.29. The first kappa shape index (κ1) is 11.6. The summed E-state index contributed by atoms with van der Waals surface area (Å²) in [5, 5.41) is 0. The maximum Gasteiger partial charge on any atom is 0.225 e. The lowest BCUT2D eigenvalue weighted by atomic mass is 10.1. The van der Waals surface area contributed by atoms with Gasteiger partial charge in [0.15, 0.2) is 0 Å². The van der Waals surface area contributed by atoms with E-state index in [4.69, 9.17) is 4.74 Å². The summed E-state index contributed by atoms with van der Waals surface area (Å²) in [5.74, 6) is 0.902. The molecule has 0 aromatic carbocycles. The summed E-state index contributed by atoms with van der Waals surface area (Å²) in [5.41, 5.74) is 0. The summed E-state index contributed by atoms with van der Waals surface area (Å²) >= 11 is 0. The van der Waals surface area contributed by atoms with Gasteiger partial charge in [0.1, 0.15) is 0 Å². The Bertz CT molecular complexity index is 434. The highest BCUT2D eigenvalue weighted by molar-refractivity contribution is 5.35. The largest absolute Gasteiger partial charge is 0.380 e. The molecule has 5 heteroatoms. The van der Waals surface area contributed by atoms with Gasteiger partial charge in [0.2, 0.25) is 5.95 Å². The molecule has 3 atom stereocenters. The van der Waals surface area contributed by atoms with Gasteiger partial charge in [0.05, 0.1) is 6.61 Å². The molecule has 0 spiro atoms. The summed E-state index contributed by atoms with van der Waals surface area (Å²) in [4.78, 5) is 13.9. The third kappa shape index (κ3) is 1.92. The quantitative estimate of drug-likeness (QED) is 0.791.